The van der Waals surface area contributed by atoms with Crippen LogP contribution in [0.2, 0.25) is 0 Å². The van der Waals surface area contributed by atoms with E-state index < -0.39 is 11.3 Å². The Labute approximate surface area is 94.2 Å². The number of rotatable bonds is 2. The monoisotopic (exact) mass is 277 g/mol. The molecule has 1 atom stereocenters. The van der Waals surface area contributed by atoms with Crippen LogP contribution in [0, 0.1) is 0 Å². The van der Waals surface area contributed by atoms with Crippen molar-refractivity contribution in [3.63, 3.8) is 0 Å². The number of aromatic hydroxyl groups is 1. The third kappa shape index (κ3) is 1.37. The fourth-order valence-corrected chi connectivity index (χ4v) is 2.49. The smallest absolute Gasteiger partial charge is 0.260 e. The summed E-state index contributed by atoms with van der Waals surface area (Å²) in [5, 5.41) is 9.42. The van der Waals surface area contributed by atoms with Crippen molar-refractivity contribution in [2.45, 2.75) is 17.8 Å². The minimum Gasteiger partial charge on any atom is -0.507 e. The first-order valence-electron chi connectivity index (χ1n) is 4.50. The summed E-state index contributed by atoms with van der Waals surface area (Å²) in [6, 6.07) is 4.55. The Kier molecular flexibility index (Phi) is 2.28. The number of phenolic OH excluding ortho intramolecular Hbond substituents is 1. The van der Waals surface area contributed by atoms with Gasteiger partial charge in [0.05, 0.1) is 9.89 Å². The molecular formula is C10H10BrF2NO. The van der Waals surface area contributed by atoms with E-state index in [1.54, 1.807) is 12.1 Å². The average molecular weight is 278 g/mol. The maximum absolute atomic E-state index is 13.3. The number of hydrogen-bond acceptors (Lipinski definition) is 2. The molecule has 1 aromatic rings. The van der Waals surface area contributed by atoms with Crippen LogP contribution in [0.25, 0.3) is 0 Å². The van der Waals surface area contributed by atoms with E-state index in [1.165, 1.54) is 6.07 Å². The van der Waals surface area contributed by atoms with Gasteiger partial charge in [0.2, 0.25) is 0 Å². The fourth-order valence-electron chi connectivity index (χ4n) is 1.85. The quantitative estimate of drug-likeness (QED) is 0.872. The highest BCUT2D eigenvalue weighted by Gasteiger charge is 2.71. The summed E-state index contributed by atoms with van der Waals surface area (Å²) in [6.45, 7) is -0.123. The van der Waals surface area contributed by atoms with Gasteiger partial charge in [-0.15, -0.1) is 0 Å². The largest absolute Gasteiger partial charge is 0.507 e. The Morgan fingerprint density at radius 3 is 2.53 bits per heavy atom. The number of phenols is 1. The maximum atomic E-state index is 13.3. The van der Waals surface area contributed by atoms with E-state index in [0.717, 1.165) is 0 Å². The van der Waals surface area contributed by atoms with Crippen LogP contribution in [0.15, 0.2) is 22.7 Å². The number of alkyl halides is 2. The first-order valence-corrected chi connectivity index (χ1v) is 5.30. The third-order valence-corrected chi connectivity index (χ3v) is 3.77. The van der Waals surface area contributed by atoms with Crippen LogP contribution in [0.4, 0.5) is 8.78 Å². The third-order valence-electron chi connectivity index (χ3n) is 2.94. The normalized spacial score (nSPS) is 27.7. The summed E-state index contributed by atoms with van der Waals surface area (Å²) in [4.78, 5) is 0. The van der Waals surface area contributed by atoms with Gasteiger partial charge >= 0.3 is 0 Å². The molecule has 0 heterocycles. The summed E-state index contributed by atoms with van der Waals surface area (Å²) in [7, 11) is 0. The molecule has 15 heavy (non-hydrogen) atoms. The van der Waals surface area contributed by atoms with Gasteiger partial charge < -0.3 is 10.8 Å². The van der Waals surface area contributed by atoms with Crippen molar-refractivity contribution in [1.29, 1.82) is 0 Å². The zero-order valence-electron chi connectivity index (χ0n) is 7.80. The molecule has 1 aromatic carbocycles. The number of benzene rings is 1. The van der Waals surface area contributed by atoms with Crippen molar-refractivity contribution in [3.8, 4) is 5.75 Å². The molecule has 0 spiro atoms. The molecular weight excluding hydrogens is 268 g/mol. The Morgan fingerprint density at radius 2 is 2.07 bits per heavy atom. The van der Waals surface area contributed by atoms with Crippen molar-refractivity contribution in [3.05, 3.63) is 28.2 Å². The van der Waals surface area contributed by atoms with Crippen molar-refractivity contribution in [2.24, 2.45) is 5.73 Å². The summed E-state index contributed by atoms with van der Waals surface area (Å²) >= 11 is 3.11. The van der Waals surface area contributed by atoms with Crippen LogP contribution < -0.4 is 5.73 Å². The lowest BCUT2D eigenvalue weighted by Crippen LogP contribution is -2.27. The van der Waals surface area contributed by atoms with E-state index in [1.807, 2.05) is 0 Å². The molecule has 0 amide bonds. The summed E-state index contributed by atoms with van der Waals surface area (Å²) in [5.74, 6) is -2.80. The van der Waals surface area contributed by atoms with E-state index in [2.05, 4.69) is 15.9 Å². The molecule has 0 bridgehead atoms. The second-order valence-electron chi connectivity index (χ2n) is 3.81. The van der Waals surface area contributed by atoms with Crippen molar-refractivity contribution >= 4 is 15.9 Å². The molecule has 0 aromatic heterocycles. The van der Waals surface area contributed by atoms with Crippen LogP contribution in [-0.2, 0) is 5.41 Å². The second-order valence-corrected chi connectivity index (χ2v) is 4.60. The van der Waals surface area contributed by atoms with Crippen molar-refractivity contribution in [2.75, 3.05) is 6.54 Å². The van der Waals surface area contributed by atoms with Crippen LogP contribution >= 0.6 is 15.9 Å². The van der Waals surface area contributed by atoms with E-state index in [9.17, 15) is 13.9 Å². The molecule has 82 valence electrons. The Bertz CT molecular complexity index is 410. The zero-order valence-corrected chi connectivity index (χ0v) is 9.39. The van der Waals surface area contributed by atoms with Gasteiger partial charge in [0, 0.05) is 13.0 Å². The predicted molar refractivity (Wildman–Crippen MR) is 56.1 cm³/mol. The zero-order chi connectivity index (χ0) is 11.3. The van der Waals surface area contributed by atoms with Gasteiger partial charge in [0.25, 0.3) is 5.92 Å². The van der Waals surface area contributed by atoms with Gasteiger partial charge in [-0.2, -0.15) is 0 Å². The molecule has 2 nitrogen and oxygen atoms in total. The van der Waals surface area contributed by atoms with Crippen molar-refractivity contribution in [1.82, 2.24) is 0 Å². The number of nitrogens with two attached hydrogens (primary N) is 1. The lowest BCUT2D eigenvalue weighted by molar-refractivity contribution is 0.0894. The van der Waals surface area contributed by atoms with Crippen LogP contribution in [0.3, 0.4) is 0 Å². The molecule has 1 aliphatic rings. The van der Waals surface area contributed by atoms with Gasteiger partial charge in [0.1, 0.15) is 5.75 Å². The topological polar surface area (TPSA) is 46.2 Å². The lowest BCUT2D eigenvalue weighted by atomic mass is 9.95. The molecule has 0 aliphatic heterocycles. The van der Waals surface area contributed by atoms with E-state index in [4.69, 9.17) is 5.73 Å². The first-order chi connectivity index (χ1) is 6.94. The lowest BCUT2D eigenvalue weighted by Gasteiger charge is -2.16. The van der Waals surface area contributed by atoms with E-state index in [-0.39, 0.29) is 18.7 Å². The number of hydrogen-bond donors (Lipinski definition) is 2. The van der Waals surface area contributed by atoms with Crippen LogP contribution in [-0.4, -0.2) is 17.6 Å². The van der Waals surface area contributed by atoms with E-state index in [0.29, 0.717) is 10.0 Å². The predicted octanol–water partition coefficient (Wildman–Crippen LogP) is 2.39. The molecule has 1 unspecified atom stereocenters. The van der Waals surface area contributed by atoms with Gasteiger partial charge in [-0.1, -0.05) is 12.1 Å². The first kappa shape index (κ1) is 10.8. The fraction of sp³-hybridized carbons (Fsp3) is 0.400. The summed E-state index contributed by atoms with van der Waals surface area (Å²) in [5.41, 5.74) is 4.50. The van der Waals surface area contributed by atoms with Gasteiger partial charge in [-0.25, -0.2) is 8.78 Å². The minimum absolute atomic E-state index is 0.0389. The highest BCUT2D eigenvalue weighted by Crippen LogP contribution is 2.62. The maximum Gasteiger partial charge on any atom is 0.260 e. The molecule has 0 saturated heterocycles. The standard InChI is InChI=1S/C10H10BrF2NO/c11-8-6(2-1-3-7(8)15)9(5-14)4-10(9,12)13/h1-3,15H,4-5,14H2. The molecule has 3 N–H and O–H groups in total. The second kappa shape index (κ2) is 3.15. The summed E-state index contributed by atoms with van der Waals surface area (Å²) < 4.78 is 26.8. The molecule has 1 fully saturated rings. The molecule has 2 rings (SSSR count). The number of halogens is 3. The molecule has 5 heteroatoms. The van der Waals surface area contributed by atoms with Gasteiger partial charge in [-0.3, -0.25) is 0 Å². The summed E-state index contributed by atoms with van der Waals surface area (Å²) in [6.07, 6.45) is -0.251. The molecule has 1 aliphatic carbocycles. The molecule has 0 radical (unpaired) electrons. The Balaban J connectivity index is 2.51. The van der Waals surface area contributed by atoms with Gasteiger partial charge in [0.15, 0.2) is 0 Å². The van der Waals surface area contributed by atoms with Crippen molar-refractivity contribution < 1.29 is 13.9 Å². The molecule has 1 saturated carbocycles. The van der Waals surface area contributed by atoms with Crippen LogP contribution in [0.5, 0.6) is 5.75 Å². The van der Waals surface area contributed by atoms with Crippen LogP contribution in [0.1, 0.15) is 12.0 Å². The Hall–Kier alpha value is -0.680. The minimum atomic E-state index is -2.77. The SMILES string of the molecule is NCC1(c2cccc(O)c2Br)CC1(F)F. The average Bonchev–Trinajstić information content (AvgIpc) is 2.74. The van der Waals surface area contributed by atoms with E-state index >= 15 is 0 Å². The highest BCUT2D eigenvalue weighted by molar-refractivity contribution is 9.10. The highest BCUT2D eigenvalue weighted by atomic mass is 79.9. The van der Waals surface area contributed by atoms with Gasteiger partial charge in [-0.05, 0) is 27.6 Å². The Morgan fingerprint density at radius 1 is 1.47 bits per heavy atom.